The normalized spacial score (nSPS) is 15.1. The van der Waals surface area contributed by atoms with Crippen LogP contribution in [0.3, 0.4) is 0 Å². The van der Waals surface area contributed by atoms with E-state index in [9.17, 15) is 4.79 Å². The summed E-state index contributed by atoms with van der Waals surface area (Å²) in [4.78, 5) is 14.4. The molecule has 0 spiro atoms. The number of aryl methyl sites for hydroxylation is 2. The Balaban J connectivity index is 1.22. The van der Waals surface area contributed by atoms with Gasteiger partial charge in [-0.05, 0) is 118 Å². The Bertz CT molecular complexity index is 3250. The van der Waals surface area contributed by atoms with Gasteiger partial charge in [0.15, 0.2) is 5.60 Å². The number of ether oxygens (including phenoxy) is 1. The van der Waals surface area contributed by atoms with Gasteiger partial charge < -0.3 is 9.64 Å². The molecule has 0 saturated heterocycles. The summed E-state index contributed by atoms with van der Waals surface area (Å²) in [6, 6.07) is 75.3. The topological polar surface area (TPSA) is 29.5 Å². The van der Waals surface area contributed by atoms with Crippen LogP contribution in [0.5, 0.6) is 5.75 Å². The Morgan fingerprint density at radius 2 is 1.00 bits per heavy atom. The number of nitrogens with zero attached hydrogens (tertiary/aromatic N) is 1. The molecule has 0 N–H and O–H groups in total. The minimum atomic E-state index is -0.974. The number of rotatable bonds is 18. The average Bonchev–Trinajstić information content (AvgIpc) is 3.76. The highest BCUT2D eigenvalue weighted by Crippen LogP contribution is 2.63. The maximum absolute atomic E-state index is 12.0. The number of aldehydes is 1. The Kier molecular flexibility index (Phi) is 13.3. The third-order valence-electron chi connectivity index (χ3n) is 15.4. The molecule has 0 bridgehead atoms. The molecule has 1 unspecified atom stereocenters. The van der Waals surface area contributed by atoms with Crippen LogP contribution in [0.15, 0.2) is 212 Å². The fourth-order valence-corrected chi connectivity index (χ4v) is 11.8. The van der Waals surface area contributed by atoms with Crippen molar-refractivity contribution in [3.8, 4) is 16.9 Å². The lowest BCUT2D eigenvalue weighted by Crippen LogP contribution is -2.36. The van der Waals surface area contributed by atoms with Crippen molar-refractivity contribution < 1.29 is 9.53 Å². The van der Waals surface area contributed by atoms with Crippen LogP contribution in [0.2, 0.25) is 0 Å². The Morgan fingerprint density at radius 1 is 0.486 bits per heavy atom. The number of fused-ring (bicyclic) bond motifs is 8. The van der Waals surface area contributed by atoms with Crippen molar-refractivity contribution in [2.45, 2.75) is 89.1 Å². The van der Waals surface area contributed by atoms with Crippen molar-refractivity contribution >= 4 is 40.2 Å². The molecule has 1 atom stereocenters. The predicted molar refractivity (Wildman–Crippen MR) is 300 cm³/mol. The first-order valence-electron chi connectivity index (χ1n) is 26.4. The number of anilines is 3. The van der Waals surface area contributed by atoms with Crippen LogP contribution in [-0.2, 0) is 23.9 Å². The van der Waals surface area contributed by atoms with Crippen LogP contribution in [0.4, 0.5) is 17.1 Å². The Labute approximate surface area is 426 Å². The Morgan fingerprint density at radius 3 is 1.56 bits per heavy atom. The summed E-state index contributed by atoms with van der Waals surface area (Å²) in [6.07, 6.45) is 17.5. The van der Waals surface area contributed by atoms with Crippen molar-refractivity contribution in [1.82, 2.24) is 0 Å². The number of carbonyl (C=O) groups excluding carboxylic acids is 1. The smallest absolute Gasteiger partial charge is 0.178 e. The maximum Gasteiger partial charge on any atom is 0.178 e. The van der Waals surface area contributed by atoms with Crippen LogP contribution >= 0.6 is 0 Å². The van der Waals surface area contributed by atoms with Crippen LogP contribution in [-0.4, -0.2) is 6.29 Å². The molecule has 0 fully saturated rings. The van der Waals surface area contributed by atoms with E-state index in [0.29, 0.717) is 5.56 Å². The molecular formula is C69H63NO2. The second-order valence-corrected chi connectivity index (χ2v) is 19.8. The summed E-state index contributed by atoms with van der Waals surface area (Å²) >= 11 is 0. The number of benzene rings is 9. The summed E-state index contributed by atoms with van der Waals surface area (Å²) in [5, 5.41) is 2.21. The molecule has 3 nitrogen and oxygen atoms in total. The zero-order valence-corrected chi connectivity index (χ0v) is 41.7. The summed E-state index contributed by atoms with van der Waals surface area (Å²) < 4.78 is 7.83. The molecule has 0 radical (unpaired) electrons. The van der Waals surface area contributed by atoms with Gasteiger partial charge in [0.05, 0.1) is 5.41 Å². The van der Waals surface area contributed by atoms with Gasteiger partial charge in [0.25, 0.3) is 0 Å². The molecule has 11 rings (SSSR count). The molecule has 0 aromatic heterocycles. The average molecular weight is 938 g/mol. The number of para-hydroxylation sites is 2. The molecule has 2 aliphatic rings. The van der Waals surface area contributed by atoms with Gasteiger partial charge in [-0.15, -0.1) is 0 Å². The van der Waals surface area contributed by atoms with Gasteiger partial charge >= 0.3 is 0 Å². The lowest BCUT2D eigenvalue weighted by molar-refractivity contribution is 0.112. The largest absolute Gasteiger partial charge is 0.472 e. The lowest BCUT2D eigenvalue weighted by Gasteiger charge is -2.40. The van der Waals surface area contributed by atoms with Crippen molar-refractivity contribution in [3.05, 3.63) is 268 Å². The van der Waals surface area contributed by atoms with E-state index in [0.717, 1.165) is 69.4 Å². The van der Waals surface area contributed by atoms with E-state index in [1.54, 1.807) is 0 Å². The fourth-order valence-electron chi connectivity index (χ4n) is 11.8. The van der Waals surface area contributed by atoms with Gasteiger partial charge in [0.2, 0.25) is 0 Å². The Hall–Kier alpha value is -7.75. The SMILES string of the molecule is CCCCCCc1ccc(C2(c3ccc(CCCCCC)cc3)c3cc(N(c4ccccc4)c4ccccc4)ccc3-c3c2c2c(c4ccccc34)OC(c3ccccc3)(c3ccc(C=O)cc3)C=C2)cc1. The van der Waals surface area contributed by atoms with E-state index >= 15 is 0 Å². The molecule has 1 heterocycles. The molecule has 1 aliphatic heterocycles. The molecule has 72 heavy (non-hydrogen) atoms. The minimum absolute atomic E-state index is 0.629. The molecule has 0 saturated carbocycles. The van der Waals surface area contributed by atoms with Gasteiger partial charge in [-0.25, -0.2) is 0 Å². The summed E-state index contributed by atoms with van der Waals surface area (Å²) in [5.41, 5.74) is 15.4. The zero-order chi connectivity index (χ0) is 48.9. The predicted octanol–water partition coefficient (Wildman–Crippen LogP) is 18.1. The number of unbranched alkanes of at least 4 members (excludes halogenated alkanes) is 6. The molecule has 9 aromatic carbocycles. The zero-order valence-electron chi connectivity index (χ0n) is 41.7. The highest BCUT2D eigenvalue weighted by atomic mass is 16.5. The van der Waals surface area contributed by atoms with E-state index < -0.39 is 11.0 Å². The fraction of sp³-hybridized carbons (Fsp3) is 0.203. The highest BCUT2D eigenvalue weighted by molar-refractivity contribution is 6.10. The molecule has 356 valence electrons. The van der Waals surface area contributed by atoms with Crippen LogP contribution in [0, 0.1) is 0 Å². The first-order chi connectivity index (χ1) is 35.6. The van der Waals surface area contributed by atoms with Gasteiger partial charge in [0, 0.05) is 44.7 Å². The highest BCUT2D eigenvalue weighted by Gasteiger charge is 2.51. The molecule has 0 amide bonds. The van der Waals surface area contributed by atoms with Crippen LogP contribution in [0.1, 0.15) is 126 Å². The van der Waals surface area contributed by atoms with Gasteiger partial charge in [-0.2, -0.15) is 0 Å². The third-order valence-corrected chi connectivity index (χ3v) is 15.4. The van der Waals surface area contributed by atoms with Crippen molar-refractivity contribution in [3.63, 3.8) is 0 Å². The van der Waals surface area contributed by atoms with Crippen molar-refractivity contribution in [2.24, 2.45) is 0 Å². The first kappa shape index (κ1) is 46.6. The number of hydrogen-bond donors (Lipinski definition) is 0. The monoisotopic (exact) mass is 937 g/mol. The van der Waals surface area contributed by atoms with E-state index in [1.807, 2.05) is 24.3 Å². The second kappa shape index (κ2) is 20.5. The van der Waals surface area contributed by atoms with E-state index in [-0.39, 0.29) is 0 Å². The van der Waals surface area contributed by atoms with E-state index in [1.165, 1.54) is 95.9 Å². The molecule has 1 aliphatic carbocycles. The third kappa shape index (κ3) is 8.35. The van der Waals surface area contributed by atoms with Gasteiger partial charge in [0.1, 0.15) is 12.0 Å². The summed E-state index contributed by atoms with van der Waals surface area (Å²) in [5.74, 6) is 0.850. The summed E-state index contributed by atoms with van der Waals surface area (Å²) in [6.45, 7) is 4.56. The van der Waals surface area contributed by atoms with E-state index in [2.05, 4.69) is 213 Å². The maximum atomic E-state index is 12.0. The lowest BCUT2D eigenvalue weighted by atomic mass is 9.65. The molecular weight excluding hydrogens is 875 g/mol. The van der Waals surface area contributed by atoms with Gasteiger partial charge in [-0.1, -0.05) is 228 Å². The number of carbonyl (C=O) groups is 1. The van der Waals surface area contributed by atoms with Crippen molar-refractivity contribution in [1.29, 1.82) is 0 Å². The first-order valence-corrected chi connectivity index (χ1v) is 26.4. The summed E-state index contributed by atoms with van der Waals surface area (Å²) in [7, 11) is 0. The molecule has 3 heteroatoms. The van der Waals surface area contributed by atoms with Crippen LogP contribution in [0.25, 0.3) is 28.0 Å². The standard InChI is InChI=1S/C69H63NO2/c1-3-5-7-12-22-50-32-40-55(41-33-50)69(56-42-34-51(35-43-56)23-13-8-6-4-2)64-48-59(70(57-26-16-10-17-27-57)58-28-18-11-19-29-58)44-45-62(64)65-60-30-20-21-31-61(60)67-63(66(65)69)46-47-68(72-67,53-24-14-9-15-25-53)54-38-36-52(49-71)37-39-54/h9-11,14-21,24-49H,3-8,12-13,22-23H2,1-2H3. The van der Waals surface area contributed by atoms with Crippen LogP contribution < -0.4 is 9.64 Å². The quantitative estimate of drug-likeness (QED) is 0.0634. The van der Waals surface area contributed by atoms with Gasteiger partial charge in [-0.3, -0.25) is 4.79 Å². The minimum Gasteiger partial charge on any atom is -0.472 e. The van der Waals surface area contributed by atoms with Crippen molar-refractivity contribution in [2.75, 3.05) is 4.90 Å². The second-order valence-electron chi connectivity index (χ2n) is 19.8. The number of hydrogen-bond acceptors (Lipinski definition) is 3. The van der Waals surface area contributed by atoms with E-state index in [4.69, 9.17) is 4.74 Å². The molecule has 9 aromatic rings.